The van der Waals surface area contributed by atoms with Crippen molar-refractivity contribution in [1.29, 1.82) is 0 Å². The fraction of sp³-hybridized carbons (Fsp3) is 0.586. The predicted octanol–water partition coefficient (Wildman–Crippen LogP) is 9.58. The van der Waals surface area contributed by atoms with Gasteiger partial charge in [0.2, 0.25) is 29.5 Å². The molecule has 3 fully saturated rings. The minimum absolute atomic E-state index is 0.0870. The van der Waals surface area contributed by atoms with Gasteiger partial charge in [-0.15, -0.1) is 12.8 Å². The lowest BCUT2D eigenvalue weighted by Crippen LogP contribution is -2.37. The van der Waals surface area contributed by atoms with E-state index in [1.54, 1.807) is 12.7 Å². The van der Waals surface area contributed by atoms with Crippen LogP contribution < -0.4 is 43.4 Å². The number of terminal acetylenes is 2. The zero-order valence-corrected chi connectivity index (χ0v) is 61.9. The van der Waals surface area contributed by atoms with Gasteiger partial charge in [-0.2, -0.15) is 29.9 Å². The van der Waals surface area contributed by atoms with Crippen LogP contribution in [0, 0.1) is 51.8 Å². The van der Waals surface area contributed by atoms with Gasteiger partial charge in [-0.25, -0.2) is 44.9 Å². The zero-order valence-electron chi connectivity index (χ0n) is 61.9. The first-order chi connectivity index (χ1) is 46.9. The summed E-state index contributed by atoms with van der Waals surface area (Å²) >= 11 is 0. The fourth-order valence-electron chi connectivity index (χ4n) is 11.2. The number of fused-ring (bicyclic) bond motifs is 5. The second-order valence-electron chi connectivity index (χ2n) is 31.4. The van der Waals surface area contributed by atoms with Crippen molar-refractivity contribution in [3.63, 3.8) is 0 Å². The number of aromatic nitrogens is 20. The van der Waals surface area contributed by atoms with Crippen LogP contribution in [0.15, 0.2) is 31.6 Å². The highest BCUT2D eigenvalue weighted by atomic mass is 16.5. The van der Waals surface area contributed by atoms with Gasteiger partial charge in [-0.3, -0.25) is 0 Å². The van der Waals surface area contributed by atoms with Crippen molar-refractivity contribution in [3.05, 3.63) is 43.3 Å². The van der Waals surface area contributed by atoms with E-state index in [0.29, 0.717) is 118 Å². The summed E-state index contributed by atoms with van der Waals surface area (Å²) in [5.41, 5.74) is 37.6. The van der Waals surface area contributed by atoms with Crippen molar-refractivity contribution in [2.75, 3.05) is 109 Å². The first kappa shape index (κ1) is 74.4. The van der Waals surface area contributed by atoms with E-state index < -0.39 is 0 Å². The molecule has 30 nitrogen and oxygen atoms in total. The van der Waals surface area contributed by atoms with Crippen LogP contribution in [0.4, 0.5) is 46.9 Å². The van der Waals surface area contributed by atoms with E-state index in [1.807, 2.05) is 28.1 Å². The number of ether oxygens (including phenoxy) is 2. The summed E-state index contributed by atoms with van der Waals surface area (Å²) in [5, 5.41) is 0. The van der Waals surface area contributed by atoms with Crippen molar-refractivity contribution in [2.24, 2.45) is 27.1 Å². The van der Waals surface area contributed by atoms with Crippen LogP contribution in [-0.2, 0) is 22.6 Å². The quantitative estimate of drug-likeness (QED) is 0.0883. The maximum atomic E-state index is 6.10. The molecule has 10 aromatic heterocycles. The minimum atomic E-state index is 0.0870. The summed E-state index contributed by atoms with van der Waals surface area (Å²) < 4.78 is 21.0. The van der Waals surface area contributed by atoms with Gasteiger partial charge in [0, 0.05) is 70.5 Å². The molecule has 0 amide bonds. The molecule has 3 aliphatic heterocycles. The Morgan fingerprint density at radius 3 is 0.960 bits per heavy atom. The monoisotopic (exact) mass is 1370 g/mol. The molecule has 0 aliphatic carbocycles. The Kier molecular flexibility index (Phi) is 22.3. The number of nitrogen functional groups attached to an aromatic ring is 5. The minimum Gasteiger partial charge on any atom is -0.382 e. The number of hydrogen-bond donors (Lipinski definition) is 5. The Morgan fingerprint density at radius 1 is 0.370 bits per heavy atom. The number of piperidine rings is 1. The largest absolute Gasteiger partial charge is 0.382 e. The molecule has 0 saturated carbocycles. The SMILES string of the molecule is C#Cc1nc(N)c2ncn(CC(C)(C)C)c2n1.C#Cc1nc(N)c2ncn([C@@H](C)C(C)(C)C)c2n1.CC(C)(C)Cn1cnc2c(N)nc(N3CCCCC3)nc21.C[C@@H](n1cnc2c(N)nc(N3CCOCC3)nc21)C(C)(C)C.C[C@H](n1cnc2c(N)nc(N3CCOCC3)nc21)C(C)(C)C. The van der Waals surface area contributed by atoms with Crippen LogP contribution >= 0.6 is 0 Å². The topological polar surface area (TPSA) is 376 Å². The molecule has 3 saturated heterocycles. The Hall–Kier alpha value is -9.81. The highest BCUT2D eigenvalue weighted by Crippen LogP contribution is 2.37. The molecular formula is C70H104N28O2. The van der Waals surface area contributed by atoms with Crippen molar-refractivity contribution in [3.8, 4) is 24.7 Å². The zero-order chi connectivity index (χ0) is 73.0. The van der Waals surface area contributed by atoms with Crippen LogP contribution in [0.2, 0.25) is 0 Å². The highest BCUT2D eigenvalue weighted by Gasteiger charge is 2.30. The molecule has 3 atom stereocenters. The van der Waals surface area contributed by atoms with E-state index in [4.69, 9.17) is 65.9 Å². The standard InChI is InChI=1S/2C15H24N6O.C15H24N6.C13H17N5.C12H15N5/c2*1-10(15(2,3)4)21-9-17-11-12(16)18-14(19-13(11)21)20-5-7-22-8-6-20;1-15(2,3)9-21-10-17-11-12(16)18-14(19-13(11)21)20-7-5-4-6-8-20;1-6-9-16-11(14)10-12(17-9)18(7-15-10)8(2)13(3,4)5;1-5-8-15-10(13)9-11(16-8)17(7-14-9)6-12(2,3)4/h2*9-10H,5-8H2,1-4H3,(H2,16,18,19);10H,4-9H2,1-3H3,(H2,16,18,19);1,7-8H,2-5H3,(H2,14,16,17);1,7H,6H2,2-4H3,(H2,13,15,16)/t2*10-;;8-;/m10.0./s1. The smallest absolute Gasteiger partial charge is 0.229 e. The first-order valence-electron chi connectivity index (χ1n) is 34.2. The number of nitrogens with two attached hydrogens (primary N) is 5. The van der Waals surface area contributed by atoms with Crippen molar-refractivity contribution in [2.45, 2.75) is 175 Å². The van der Waals surface area contributed by atoms with Gasteiger partial charge < -0.3 is 75.7 Å². The average molecular weight is 1370 g/mol. The lowest BCUT2D eigenvalue weighted by atomic mass is 9.88. The van der Waals surface area contributed by atoms with E-state index in [0.717, 1.165) is 75.2 Å². The number of morpholine rings is 2. The summed E-state index contributed by atoms with van der Waals surface area (Å²) in [6, 6.07) is 0.733. The van der Waals surface area contributed by atoms with Gasteiger partial charge in [0.1, 0.15) is 27.6 Å². The van der Waals surface area contributed by atoms with E-state index in [9.17, 15) is 0 Å². The molecule has 0 aromatic carbocycles. The summed E-state index contributed by atoms with van der Waals surface area (Å²) in [4.78, 5) is 72.2. The predicted molar refractivity (Wildman–Crippen MR) is 398 cm³/mol. The third-order valence-electron chi connectivity index (χ3n) is 18.1. The van der Waals surface area contributed by atoms with Crippen LogP contribution in [0.3, 0.4) is 0 Å². The summed E-state index contributed by atoms with van der Waals surface area (Å²) in [7, 11) is 0. The summed E-state index contributed by atoms with van der Waals surface area (Å²) in [6.07, 6.45) is 23.2. The summed E-state index contributed by atoms with van der Waals surface area (Å²) in [6.45, 7) is 48.8. The number of imidazole rings is 5. The van der Waals surface area contributed by atoms with E-state index >= 15 is 0 Å². The molecular weight excluding hydrogens is 1260 g/mol. The van der Waals surface area contributed by atoms with E-state index in [1.165, 1.54) is 19.3 Å². The molecule has 0 radical (unpaired) electrons. The normalized spacial score (nSPS) is 15.8. The van der Waals surface area contributed by atoms with E-state index in [2.05, 4.69) is 225 Å². The van der Waals surface area contributed by atoms with Gasteiger partial charge in [-0.1, -0.05) is 104 Å². The lowest BCUT2D eigenvalue weighted by molar-refractivity contribution is 0.122. The van der Waals surface area contributed by atoms with E-state index in [-0.39, 0.29) is 45.2 Å². The molecule has 30 heteroatoms. The number of anilines is 8. The van der Waals surface area contributed by atoms with Crippen LogP contribution in [-0.4, -0.2) is 163 Å². The molecule has 536 valence electrons. The Labute approximate surface area is 586 Å². The molecule has 10 N–H and O–H groups in total. The third kappa shape index (κ3) is 17.6. The number of rotatable bonds is 8. The van der Waals surface area contributed by atoms with Gasteiger partial charge in [0.05, 0.1) is 58.1 Å². The second-order valence-corrected chi connectivity index (χ2v) is 31.4. The molecule has 100 heavy (non-hydrogen) atoms. The Balaban J connectivity index is 0.000000146. The Bertz CT molecular complexity index is 4410. The van der Waals surface area contributed by atoms with Crippen molar-refractivity contribution >= 4 is 103 Å². The van der Waals surface area contributed by atoms with Crippen LogP contribution in [0.5, 0.6) is 0 Å². The number of hydrogen-bond acceptors (Lipinski definition) is 25. The second kappa shape index (κ2) is 29.9. The van der Waals surface area contributed by atoms with Gasteiger partial charge >= 0.3 is 0 Å². The van der Waals surface area contributed by atoms with Gasteiger partial charge in [0.15, 0.2) is 57.3 Å². The maximum Gasteiger partial charge on any atom is 0.229 e. The lowest BCUT2D eigenvalue weighted by Gasteiger charge is -2.29. The third-order valence-corrected chi connectivity index (χ3v) is 18.1. The van der Waals surface area contributed by atoms with Crippen molar-refractivity contribution < 1.29 is 9.47 Å². The highest BCUT2D eigenvalue weighted by molar-refractivity contribution is 5.86. The molecule has 0 spiro atoms. The molecule has 0 bridgehead atoms. The van der Waals surface area contributed by atoms with Crippen LogP contribution in [0.25, 0.3) is 55.8 Å². The molecule has 0 unspecified atom stereocenters. The molecule has 3 aliphatic rings. The molecule has 13 rings (SSSR count). The summed E-state index contributed by atoms with van der Waals surface area (Å²) in [5.74, 6) is 9.48. The molecule has 13 heterocycles. The Morgan fingerprint density at radius 2 is 0.640 bits per heavy atom. The van der Waals surface area contributed by atoms with Crippen molar-refractivity contribution in [1.82, 2.24) is 97.6 Å². The first-order valence-corrected chi connectivity index (χ1v) is 34.2. The number of nitrogens with zero attached hydrogens (tertiary/aromatic N) is 23. The molecule has 10 aromatic rings. The maximum absolute atomic E-state index is 6.10. The van der Waals surface area contributed by atoms with Gasteiger partial charge in [-0.05, 0) is 78.9 Å². The fourth-order valence-corrected chi connectivity index (χ4v) is 11.2. The van der Waals surface area contributed by atoms with Crippen LogP contribution in [0.1, 0.15) is 174 Å². The average Bonchev–Trinajstić information content (AvgIpc) is 1.63. The van der Waals surface area contributed by atoms with Gasteiger partial charge in [0.25, 0.3) is 0 Å².